The van der Waals surface area contributed by atoms with Crippen molar-refractivity contribution in [2.24, 2.45) is 0 Å². The van der Waals surface area contributed by atoms with Gasteiger partial charge in [0.15, 0.2) is 11.5 Å². The molecule has 1 fully saturated rings. The van der Waals surface area contributed by atoms with Gasteiger partial charge in [-0.3, -0.25) is 0 Å². The summed E-state index contributed by atoms with van der Waals surface area (Å²) in [5.41, 5.74) is 2.21. The summed E-state index contributed by atoms with van der Waals surface area (Å²) in [6.45, 7) is 5.34. The first-order valence-electron chi connectivity index (χ1n) is 6.56. The molecule has 1 N–H and O–H groups in total. The third-order valence-corrected chi connectivity index (χ3v) is 4.26. The normalized spacial score (nSPS) is 22.9. The Hall–Kier alpha value is -0.930. The molecule has 1 saturated heterocycles. The minimum Gasteiger partial charge on any atom is -0.486 e. The second-order valence-corrected chi connectivity index (χ2v) is 5.35. The Kier molecular flexibility index (Phi) is 3.35. The van der Waals surface area contributed by atoms with Gasteiger partial charge in [0.25, 0.3) is 0 Å². The fraction of sp³-hybridized carbons (Fsp3) is 0.571. The number of benzene rings is 1. The quantitative estimate of drug-likeness (QED) is 0.849. The lowest BCUT2D eigenvalue weighted by molar-refractivity contribution is 0.170. The van der Waals surface area contributed by atoms with Crippen molar-refractivity contribution in [2.45, 2.75) is 25.7 Å². The second kappa shape index (κ2) is 4.98. The van der Waals surface area contributed by atoms with Crippen LogP contribution in [0.15, 0.2) is 6.07 Å². The molecule has 3 rings (SSSR count). The molecule has 0 radical (unpaired) electrons. The fourth-order valence-electron chi connectivity index (χ4n) is 2.77. The largest absolute Gasteiger partial charge is 0.486 e. The third kappa shape index (κ3) is 2.06. The van der Waals surface area contributed by atoms with Gasteiger partial charge in [0, 0.05) is 12.1 Å². The van der Waals surface area contributed by atoms with Crippen molar-refractivity contribution in [1.29, 1.82) is 0 Å². The molecule has 1 aromatic carbocycles. The minimum atomic E-state index is 0.487. The number of halogens is 1. The van der Waals surface area contributed by atoms with E-state index >= 15 is 0 Å². The number of rotatable bonds is 1. The Bertz CT molecular complexity index is 456. The van der Waals surface area contributed by atoms with E-state index in [1.165, 1.54) is 18.4 Å². The highest BCUT2D eigenvalue weighted by molar-refractivity contribution is 6.32. The van der Waals surface area contributed by atoms with Gasteiger partial charge in [0.1, 0.15) is 13.2 Å². The average molecular weight is 268 g/mol. The van der Waals surface area contributed by atoms with Crippen LogP contribution in [0.2, 0.25) is 5.02 Å². The van der Waals surface area contributed by atoms with E-state index in [9.17, 15) is 0 Å². The monoisotopic (exact) mass is 267 g/mol. The van der Waals surface area contributed by atoms with E-state index < -0.39 is 0 Å². The maximum atomic E-state index is 6.50. The van der Waals surface area contributed by atoms with Gasteiger partial charge >= 0.3 is 0 Å². The van der Waals surface area contributed by atoms with E-state index in [1.807, 2.05) is 6.92 Å². The van der Waals surface area contributed by atoms with Crippen LogP contribution >= 0.6 is 11.6 Å². The maximum absolute atomic E-state index is 6.50. The Morgan fingerprint density at radius 1 is 1.33 bits per heavy atom. The van der Waals surface area contributed by atoms with Crippen LogP contribution in [0.3, 0.4) is 0 Å². The van der Waals surface area contributed by atoms with Gasteiger partial charge in [-0.15, -0.1) is 0 Å². The molecule has 2 heterocycles. The van der Waals surface area contributed by atoms with Crippen LogP contribution in [-0.2, 0) is 0 Å². The Labute approximate surface area is 112 Å². The molecule has 1 unspecified atom stereocenters. The zero-order chi connectivity index (χ0) is 12.5. The molecular formula is C14H18ClNO2. The number of hydrogen-bond donors (Lipinski definition) is 1. The average Bonchev–Trinajstić information content (AvgIpc) is 2.44. The van der Waals surface area contributed by atoms with Gasteiger partial charge in [-0.25, -0.2) is 0 Å². The lowest BCUT2D eigenvalue weighted by Gasteiger charge is -2.27. The zero-order valence-corrected chi connectivity index (χ0v) is 11.3. The lowest BCUT2D eigenvalue weighted by atomic mass is 9.90. The number of piperidine rings is 1. The summed E-state index contributed by atoms with van der Waals surface area (Å²) in [6, 6.07) is 2.07. The molecule has 1 atom stereocenters. The van der Waals surface area contributed by atoms with Gasteiger partial charge in [0.2, 0.25) is 0 Å². The van der Waals surface area contributed by atoms with Crippen molar-refractivity contribution in [2.75, 3.05) is 26.3 Å². The summed E-state index contributed by atoms with van der Waals surface area (Å²) in [4.78, 5) is 0. The summed E-state index contributed by atoms with van der Waals surface area (Å²) < 4.78 is 11.3. The molecule has 18 heavy (non-hydrogen) atoms. The number of hydrogen-bond acceptors (Lipinski definition) is 3. The lowest BCUT2D eigenvalue weighted by Crippen LogP contribution is -2.28. The number of fused-ring (bicyclic) bond motifs is 1. The van der Waals surface area contributed by atoms with Gasteiger partial charge in [-0.1, -0.05) is 11.6 Å². The molecule has 0 bridgehead atoms. The standard InChI is InChI=1S/C14H18ClNO2/c1-9-13(15)11(10-3-2-4-16-8-10)7-12-14(9)18-6-5-17-12/h7,10,16H,2-6,8H2,1H3. The van der Waals surface area contributed by atoms with Gasteiger partial charge in [-0.2, -0.15) is 0 Å². The van der Waals surface area contributed by atoms with Crippen molar-refractivity contribution in [3.63, 3.8) is 0 Å². The summed E-state index contributed by atoms with van der Waals surface area (Å²) in [7, 11) is 0. The molecule has 0 saturated carbocycles. The Morgan fingerprint density at radius 3 is 2.94 bits per heavy atom. The maximum Gasteiger partial charge on any atom is 0.165 e. The fourth-order valence-corrected chi connectivity index (χ4v) is 3.06. The van der Waals surface area contributed by atoms with Crippen LogP contribution in [-0.4, -0.2) is 26.3 Å². The molecule has 4 heteroatoms. The van der Waals surface area contributed by atoms with Crippen LogP contribution in [0.4, 0.5) is 0 Å². The molecule has 2 aliphatic rings. The number of nitrogens with one attached hydrogen (secondary N) is 1. The minimum absolute atomic E-state index is 0.487. The predicted octanol–water partition coefficient (Wildman–Crippen LogP) is 2.89. The highest BCUT2D eigenvalue weighted by Crippen LogP contribution is 2.43. The summed E-state index contributed by atoms with van der Waals surface area (Å²) >= 11 is 6.50. The topological polar surface area (TPSA) is 30.5 Å². The van der Waals surface area contributed by atoms with E-state index in [4.69, 9.17) is 21.1 Å². The highest BCUT2D eigenvalue weighted by atomic mass is 35.5. The van der Waals surface area contributed by atoms with E-state index in [-0.39, 0.29) is 0 Å². The van der Waals surface area contributed by atoms with Crippen LogP contribution in [0.25, 0.3) is 0 Å². The van der Waals surface area contributed by atoms with Gasteiger partial charge in [0.05, 0.1) is 5.02 Å². The van der Waals surface area contributed by atoms with E-state index in [0.717, 1.165) is 35.2 Å². The van der Waals surface area contributed by atoms with Crippen LogP contribution < -0.4 is 14.8 Å². The van der Waals surface area contributed by atoms with E-state index in [0.29, 0.717) is 19.1 Å². The van der Waals surface area contributed by atoms with Gasteiger partial charge in [-0.05, 0) is 43.9 Å². The van der Waals surface area contributed by atoms with Crippen molar-refractivity contribution in [3.8, 4) is 11.5 Å². The molecular weight excluding hydrogens is 250 g/mol. The molecule has 98 valence electrons. The third-order valence-electron chi connectivity index (χ3n) is 3.76. The first-order chi connectivity index (χ1) is 8.77. The Morgan fingerprint density at radius 2 is 2.17 bits per heavy atom. The molecule has 1 aromatic rings. The molecule has 0 aromatic heterocycles. The smallest absolute Gasteiger partial charge is 0.165 e. The van der Waals surface area contributed by atoms with Crippen molar-refractivity contribution >= 4 is 11.6 Å². The summed E-state index contributed by atoms with van der Waals surface area (Å²) in [5.74, 6) is 2.16. The first-order valence-corrected chi connectivity index (χ1v) is 6.94. The second-order valence-electron chi connectivity index (χ2n) is 4.97. The molecule has 3 nitrogen and oxygen atoms in total. The zero-order valence-electron chi connectivity index (χ0n) is 10.6. The van der Waals surface area contributed by atoms with E-state index in [2.05, 4.69) is 11.4 Å². The van der Waals surface area contributed by atoms with Crippen LogP contribution in [0.1, 0.15) is 29.9 Å². The highest BCUT2D eigenvalue weighted by Gasteiger charge is 2.24. The van der Waals surface area contributed by atoms with Crippen molar-refractivity contribution in [1.82, 2.24) is 5.32 Å². The van der Waals surface area contributed by atoms with Crippen LogP contribution in [0, 0.1) is 6.92 Å². The summed E-state index contributed by atoms with van der Waals surface area (Å²) in [6.07, 6.45) is 2.39. The number of ether oxygens (including phenoxy) is 2. The molecule has 0 amide bonds. The predicted molar refractivity (Wildman–Crippen MR) is 72.0 cm³/mol. The van der Waals surface area contributed by atoms with Crippen molar-refractivity contribution in [3.05, 3.63) is 22.2 Å². The molecule has 0 spiro atoms. The van der Waals surface area contributed by atoms with E-state index in [1.54, 1.807) is 0 Å². The summed E-state index contributed by atoms with van der Waals surface area (Å²) in [5, 5.41) is 4.27. The Balaban J connectivity index is 2.01. The van der Waals surface area contributed by atoms with Crippen LogP contribution in [0.5, 0.6) is 11.5 Å². The van der Waals surface area contributed by atoms with Crippen molar-refractivity contribution < 1.29 is 9.47 Å². The molecule has 0 aliphatic carbocycles. The molecule has 2 aliphatic heterocycles. The van der Waals surface area contributed by atoms with Gasteiger partial charge < -0.3 is 14.8 Å². The first kappa shape index (κ1) is 12.1. The SMILES string of the molecule is Cc1c(Cl)c(C2CCCNC2)cc2c1OCCO2.